The number of guanidine groups is 1. The maximum atomic E-state index is 5.08. The molecule has 20 heavy (non-hydrogen) atoms. The Morgan fingerprint density at radius 1 is 1.55 bits per heavy atom. The first-order valence-electron chi connectivity index (χ1n) is 6.54. The largest absolute Gasteiger partial charge is 0.383 e. The second-order valence-electron chi connectivity index (χ2n) is 4.29. The summed E-state index contributed by atoms with van der Waals surface area (Å²) in [5, 5.41) is 14.5. The number of aryl methyl sites for hydroxylation is 1. The predicted molar refractivity (Wildman–Crippen MR) is 90.7 cm³/mol. The van der Waals surface area contributed by atoms with Crippen molar-refractivity contribution in [2.75, 3.05) is 27.3 Å². The Hall–Kier alpha value is -0.900. The Morgan fingerprint density at radius 3 is 2.90 bits per heavy atom. The van der Waals surface area contributed by atoms with E-state index in [2.05, 4.69) is 32.7 Å². The molecule has 0 saturated heterocycles. The molecular formula is C12H25IN6O. The number of halogens is 1. The minimum Gasteiger partial charge on any atom is -0.383 e. The van der Waals surface area contributed by atoms with Crippen molar-refractivity contribution < 1.29 is 4.74 Å². The number of hydrogen-bond donors (Lipinski definition) is 2. The molecule has 0 fully saturated rings. The summed E-state index contributed by atoms with van der Waals surface area (Å²) in [7, 11) is 3.44. The van der Waals surface area contributed by atoms with Gasteiger partial charge in [0.1, 0.15) is 12.2 Å². The van der Waals surface area contributed by atoms with Crippen molar-refractivity contribution in [1.82, 2.24) is 25.4 Å². The molecule has 0 bridgehead atoms. The van der Waals surface area contributed by atoms with Crippen LogP contribution in [0.25, 0.3) is 0 Å². The van der Waals surface area contributed by atoms with Crippen LogP contribution in [0.15, 0.2) is 11.3 Å². The van der Waals surface area contributed by atoms with Gasteiger partial charge in [0, 0.05) is 39.7 Å². The highest BCUT2D eigenvalue weighted by molar-refractivity contribution is 14.0. The summed E-state index contributed by atoms with van der Waals surface area (Å²) in [6, 6.07) is 0.220. The number of aromatic nitrogens is 3. The van der Waals surface area contributed by atoms with Crippen molar-refractivity contribution >= 4 is 29.9 Å². The minimum atomic E-state index is 0. The fraction of sp³-hybridized carbons (Fsp3) is 0.750. The van der Waals surface area contributed by atoms with Crippen LogP contribution in [0.2, 0.25) is 0 Å². The van der Waals surface area contributed by atoms with E-state index in [-0.39, 0.29) is 30.0 Å². The maximum absolute atomic E-state index is 5.08. The SMILES string of the molecule is CCc1nncn1CCNC(=NC)NC(C)COC.I. The standard InChI is InChI=1S/C12H24N6O.HI/c1-5-11-17-15-9-18(11)7-6-14-12(13-3)16-10(2)8-19-4;/h9-10H,5-8H2,1-4H3,(H2,13,14,16);1H. The minimum absolute atomic E-state index is 0. The molecule has 1 rings (SSSR count). The fourth-order valence-electron chi connectivity index (χ4n) is 1.75. The normalized spacial score (nSPS) is 12.7. The van der Waals surface area contributed by atoms with E-state index in [0.717, 1.165) is 31.3 Å². The van der Waals surface area contributed by atoms with Crippen LogP contribution < -0.4 is 10.6 Å². The molecule has 1 aromatic heterocycles. The molecule has 0 aliphatic carbocycles. The van der Waals surface area contributed by atoms with Crippen LogP contribution in [-0.4, -0.2) is 54.1 Å². The molecule has 0 aromatic carbocycles. The van der Waals surface area contributed by atoms with Gasteiger partial charge in [-0.3, -0.25) is 4.99 Å². The van der Waals surface area contributed by atoms with Crippen molar-refractivity contribution in [3.63, 3.8) is 0 Å². The zero-order valence-corrected chi connectivity index (χ0v) is 14.9. The third-order valence-electron chi connectivity index (χ3n) is 2.68. The number of rotatable bonds is 7. The molecule has 1 atom stereocenters. The molecule has 8 heteroatoms. The molecule has 116 valence electrons. The fourth-order valence-corrected chi connectivity index (χ4v) is 1.75. The highest BCUT2D eigenvalue weighted by Gasteiger charge is 2.05. The molecule has 0 radical (unpaired) electrons. The average molecular weight is 396 g/mol. The summed E-state index contributed by atoms with van der Waals surface area (Å²) in [5.74, 6) is 1.77. The van der Waals surface area contributed by atoms with E-state index in [1.54, 1.807) is 20.5 Å². The Labute approximate surface area is 137 Å². The summed E-state index contributed by atoms with van der Waals surface area (Å²) in [6.07, 6.45) is 2.64. The van der Waals surface area contributed by atoms with Crippen LogP contribution in [-0.2, 0) is 17.7 Å². The van der Waals surface area contributed by atoms with Crippen LogP contribution in [0.4, 0.5) is 0 Å². The smallest absolute Gasteiger partial charge is 0.191 e. The second-order valence-corrected chi connectivity index (χ2v) is 4.29. The number of ether oxygens (including phenoxy) is 1. The Kier molecular flexibility index (Phi) is 10.3. The molecule has 0 spiro atoms. The first-order chi connectivity index (χ1) is 9.21. The highest BCUT2D eigenvalue weighted by atomic mass is 127. The third kappa shape index (κ3) is 6.51. The molecule has 1 aromatic rings. The van der Waals surface area contributed by atoms with Crippen molar-refractivity contribution in [2.45, 2.75) is 32.9 Å². The monoisotopic (exact) mass is 396 g/mol. The molecule has 0 amide bonds. The molecule has 2 N–H and O–H groups in total. The lowest BCUT2D eigenvalue weighted by Gasteiger charge is -2.17. The van der Waals surface area contributed by atoms with Crippen molar-refractivity contribution in [3.05, 3.63) is 12.2 Å². The molecular weight excluding hydrogens is 371 g/mol. The van der Waals surface area contributed by atoms with Crippen LogP contribution in [0.5, 0.6) is 0 Å². The number of hydrogen-bond acceptors (Lipinski definition) is 4. The summed E-state index contributed by atoms with van der Waals surface area (Å²) in [6.45, 7) is 6.35. The molecule has 1 heterocycles. The predicted octanol–water partition coefficient (Wildman–Crippen LogP) is 0.658. The van der Waals surface area contributed by atoms with E-state index in [0.29, 0.717) is 6.61 Å². The van der Waals surface area contributed by atoms with Gasteiger partial charge in [0.2, 0.25) is 0 Å². The lowest BCUT2D eigenvalue weighted by molar-refractivity contribution is 0.179. The van der Waals surface area contributed by atoms with Gasteiger partial charge in [-0.1, -0.05) is 6.92 Å². The van der Waals surface area contributed by atoms with E-state index in [9.17, 15) is 0 Å². The first-order valence-corrected chi connectivity index (χ1v) is 6.54. The summed E-state index contributed by atoms with van der Waals surface area (Å²) in [4.78, 5) is 4.17. The Bertz CT molecular complexity index is 395. The second kappa shape index (κ2) is 10.8. The average Bonchev–Trinajstić information content (AvgIpc) is 2.85. The van der Waals surface area contributed by atoms with E-state index in [1.165, 1.54) is 0 Å². The van der Waals surface area contributed by atoms with Crippen LogP contribution in [0.3, 0.4) is 0 Å². The van der Waals surface area contributed by atoms with E-state index in [4.69, 9.17) is 4.74 Å². The lowest BCUT2D eigenvalue weighted by atomic mass is 10.4. The number of nitrogens with one attached hydrogen (secondary N) is 2. The van der Waals surface area contributed by atoms with Gasteiger partial charge in [-0.15, -0.1) is 34.2 Å². The first kappa shape index (κ1) is 19.1. The van der Waals surface area contributed by atoms with Gasteiger partial charge >= 0.3 is 0 Å². The highest BCUT2D eigenvalue weighted by Crippen LogP contribution is 1.94. The van der Waals surface area contributed by atoms with E-state index < -0.39 is 0 Å². The van der Waals surface area contributed by atoms with Crippen LogP contribution >= 0.6 is 24.0 Å². The van der Waals surface area contributed by atoms with Gasteiger partial charge in [0.05, 0.1) is 6.61 Å². The van der Waals surface area contributed by atoms with Gasteiger partial charge in [0.15, 0.2) is 5.96 Å². The molecule has 0 aliphatic rings. The topological polar surface area (TPSA) is 76.4 Å². The van der Waals surface area contributed by atoms with Crippen molar-refractivity contribution in [2.24, 2.45) is 4.99 Å². The molecule has 7 nitrogen and oxygen atoms in total. The van der Waals surface area contributed by atoms with Crippen LogP contribution in [0.1, 0.15) is 19.7 Å². The Morgan fingerprint density at radius 2 is 2.30 bits per heavy atom. The van der Waals surface area contributed by atoms with Crippen molar-refractivity contribution in [1.29, 1.82) is 0 Å². The van der Waals surface area contributed by atoms with Gasteiger partial charge in [-0.2, -0.15) is 0 Å². The van der Waals surface area contributed by atoms with Gasteiger partial charge in [-0.25, -0.2) is 0 Å². The number of aliphatic imine (C=N–C) groups is 1. The number of methoxy groups -OCH3 is 1. The van der Waals surface area contributed by atoms with Gasteiger partial charge < -0.3 is 19.9 Å². The zero-order valence-electron chi connectivity index (χ0n) is 12.6. The van der Waals surface area contributed by atoms with Gasteiger partial charge in [0.25, 0.3) is 0 Å². The summed E-state index contributed by atoms with van der Waals surface area (Å²) in [5.41, 5.74) is 0. The summed E-state index contributed by atoms with van der Waals surface area (Å²) >= 11 is 0. The molecule has 0 saturated carbocycles. The maximum Gasteiger partial charge on any atom is 0.191 e. The van der Waals surface area contributed by atoms with Gasteiger partial charge in [-0.05, 0) is 6.92 Å². The zero-order chi connectivity index (χ0) is 14.1. The third-order valence-corrected chi connectivity index (χ3v) is 2.68. The molecule has 1 unspecified atom stereocenters. The lowest BCUT2D eigenvalue weighted by Crippen LogP contribution is -2.44. The summed E-state index contributed by atoms with van der Waals surface area (Å²) < 4.78 is 7.12. The number of nitrogens with zero attached hydrogens (tertiary/aromatic N) is 4. The van der Waals surface area contributed by atoms with E-state index >= 15 is 0 Å². The van der Waals surface area contributed by atoms with Crippen LogP contribution in [0, 0.1) is 0 Å². The quantitative estimate of drug-likeness (QED) is 0.402. The molecule has 0 aliphatic heterocycles. The Balaban J connectivity index is 0.00000361. The van der Waals surface area contributed by atoms with Crippen molar-refractivity contribution in [3.8, 4) is 0 Å². The van der Waals surface area contributed by atoms with E-state index in [1.807, 2.05) is 11.5 Å².